The van der Waals surface area contributed by atoms with Gasteiger partial charge in [-0.1, -0.05) is 33.6 Å². The Bertz CT molecular complexity index is 1590. The van der Waals surface area contributed by atoms with Crippen molar-refractivity contribution in [1.82, 2.24) is 19.9 Å². The average Bonchev–Trinajstić information content (AvgIpc) is 3.49. The molecular weight excluding hydrogens is 452 g/mol. The van der Waals surface area contributed by atoms with Crippen molar-refractivity contribution in [1.29, 1.82) is 0 Å². The highest BCUT2D eigenvalue weighted by Crippen LogP contribution is 2.38. The van der Waals surface area contributed by atoms with E-state index >= 15 is 0 Å². The van der Waals surface area contributed by atoms with E-state index in [1.807, 2.05) is 0 Å². The van der Waals surface area contributed by atoms with Gasteiger partial charge in [-0.2, -0.15) is 0 Å². The van der Waals surface area contributed by atoms with E-state index in [1.54, 1.807) is 0 Å². The van der Waals surface area contributed by atoms with Crippen molar-refractivity contribution in [3.63, 3.8) is 0 Å². The summed E-state index contributed by atoms with van der Waals surface area (Å²) in [6, 6.07) is 6.78. The summed E-state index contributed by atoms with van der Waals surface area (Å²) in [6.07, 6.45) is 5.57. The van der Waals surface area contributed by atoms with Gasteiger partial charge in [-0.15, -0.1) is 0 Å². The fraction of sp³-hybridized carbons (Fsp3) is 0.455. The molecule has 0 aliphatic carbocycles. The van der Waals surface area contributed by atoms with Gasteiger partial charge >= 0.3 is 0 Å². The van der Waals surface area contributed by atoms with Crippen LogP contribution in [0.1, 0.15) is 104 Å². The zero-order chi connectivity index (χ0) is 26.6. The van der Waals surface area contributed by atoms with Crippen molar-refractivity contribution >= 4 is 33.2 Å². The first-order valence-electron chi connectivity index (χ1n) is 13.9. The predicted octanol–water partition coefficient (Wildman–Crippen LogP) is 8.75. The highest BCUT2D eigenvalue weighted by Gasteiger charge is 2.31. The molecule has 0 spiro atoms. The van der Waals surface area contributed by atoms with Gasteiger partial charge in [-0.05, 0) is 112 Å². The highest BCUT2D eigenvalue weighted by molar-refractivity contribution is 5.92. The van der Waals surface area contributed by atoms with Gasteiger partial charge in [-0.25, -0.2) is 4.98 Å². The molecule has 194 valence electrons. The second-order valence-corrected chi connectivity index (χ2v) is 11.9. The van der Waals surface area contributed by atoms with E-state index in [0.29, 0.717) is 0 Å². The molecular formula is C33H42N4. The third-order valence-corrected chi connectivity index (χ3v) is 8.89. The first-order chi connectivity index (χ1) is 17.5. The third kappa shape index (κ3) is 4.35. The number of fused-ring (bicyclic) bond motifs is 8. The summed E-state index contributed by atoms with van der Waals surface area (Å²) < 4.78 is 0. The van der Waals surface area contributed by atoms with Crippen LogP contribution in [0.2, 0.25) is 0 Å². The van der Waals surface area contributed by atoms with Gasteiger partial charge in [0.15, 0.2) is 0 Å². The van der Waals surface area contributed by atoms with E-state index in [0.717, 1.165) is 52.0 Å². The number of allylic oxidation sites excluding steroid dienone is 2. The largest absolute Gasteiger partial charge is 0.355 e. The third-order valence-electron chi connectivity index (χ3n) is 8.89. The molecule has 4 nitrogen and oxygen atoms in total. The number of aryl methyl sites for hydroxylation is 4. The monoisotopic (exact) mass is 494 g/mol. The maximum absolute atomic E-state index is 5.33. The maximum Gasteiger partial charge on any atom is 0.0719 e. The number of aromatic amines is 2. The van der Waals surface area contributed by atoms with Crippen molar-refractivity contribution in [3.8, 4) is 0 Å². The minimum atomic E-state index is -0.0270. The van der Waals surface area contributed by atoms with Gasteiger partial charge in [0.1, 0.15) is 0 Å². The minimum absolute atomic E-state index is 0.0270. The highest BCUT2D eigenvalue weighted by atomic mass is 14.8. The predicted molar refractivity (Wildman–Crippen MR) is 158 cm³/mol. The molecule has 5 rings (SSSR count). The van der Waals surface area contributed by atoms with Crippen molar-refractivity contribution in [3.05, 3.63) is 68.8 Å². The standard InChI is InChI=1S/C33H42N4/c1-10-11-12-13-24-30-17-33(8,9)31(36-30)16-29-21(5)20(4)26(35-29)14-25-18(2)19(3)27(34-25)15-28-22(6)23(7)32(24)37-28/h14-16,34-35H,10-13,17H2,1-9H3. The van der Waals surface area contributed by atoms with Crippen LogP contribution in [0, 0.1) is 27.7 Å². The first kappa shape index (κ1) is 25.5. The lowest BCUT2D eigenvalue weighted by atomic mass is 9.85. The normalized spacial score (nSPS) is 15.1. The molecule has 0 amide bonds. The Hall–Kier alpha value is -3.14. The molecule has 5 heterocycles. The summed E-state index contributed by atoms with van der Waals surface area (Å²) in [4.78, 5) is 18.0. The molecule has 4 heteroatoms. The van der Waals surface area contributed by atoms with Gasteiger partial charge in [0.05, 0.1) is 11.4 Å². The topological polar surface area (TPSA) is 57.4 Å². The summed E-state index contributed by atoms with van der Waals surface area (Å²) in [7, 11) is 0. The Balaban J connectivity index is 1.95. The Labute approximate surface area is 221 Å². The molecule has 0 atom stereocenters. The molecule has 8 bridgehead atoms. The lowest BCUT2D eigenvalue weighted by Gasteiger charge is -2.16. The summed E-state index contributed by atoms with van der Waals surface area (Å²) >= 11 is 0. The maximum atomic E-state index is 5.33. The van der Waals surface area contributed by atoms with Crippen LogP contribution in [-0.2, 0) is 18.3 Å². The Morgan fingerprint density at radius 1 is 0.730 bits per heavy atom. The fourth-order valence-corrected chi connectivity index (χ4v) is 5.76. The van der Waals surface area contributed by atoms with Crippen LogP contribution in [0.5, 0.6) is 0 Å². The molecule has 0 saturated carbocycles. The zero-order valence-corrected chi connectivity index (χ0v) is 24.2. The Morgan fingerprint density at radius 3 is 1.89 bits per heavy atom. The van der Waals surface area contributed by atoms with Crippen LogP contribution in [0.4, 0.5) is 0 Å². The molecule has 0 aromatic carbocycles. The van der Waals surface area contributed by atoms with Crippen molar-refractivity contribution < 1.29 is 0 Å². The van der Waals surface area contributed by atoms with E-state index < -0.39 is 0 Å². The molecule has 2 aliphatic heterocycles. The fourth-order valence-electron chi connectivity index (χ4n) is 5.76. The minimum Gasteiger partial charge on any atom is -0.355 e. The van der Waals surface area contributed by atoms with E-state index in [4.69, 9.17) is 9.97 Å². The van der Waals surface area contributed by atoms with Crippen LogP contribution < -0.4 is 0 Å². The number of unbranched alkanes of at least 4 members (excludes halogenated alkanes) is 2. The molecule has 2 aliphatic rings. The summed E-state index contributed by atoms with van der Waals surface area (Å²) in [6.45, 7) is 20.2. The van der Waals surface area contributed by atoms with E-state index in [2.05, 4.69) is 90.5 Å². The SMILES string of the molecule is CCCCCc1c2nc(cc3[nH]c(cc4[nH]c(cc5nc1C(C)=C5C)c(C)c4C)c(C)c3C)C(C)(C)C2. The zero-order valence-electron chi connectivity index (χ0n) is 24.2. The Kier molecular flexibility index (Phi) is 6.42. The number of rotatable bonds is 4. The molecule has 37 heavy (non-hydrogen) atoms. The van der Waals surface area contributed by atoms with Gasteiger partial charge in [0.2, 0.25) is 0 Å². The molecule has 0 saturated heterocycles. The summed E-state index contributed by atoms with van der Waals surface area (Å²) in [5.74, 6) is 0. The second-order valence-electron chi connectivity index (χ2n) is 11.9. The van der Waals surface area contributed by atoms with Crippen molar-refractivity contribution in [2.75, 3.05) is 0 Å². The molecule has 3 aromatic heterocycles. The number of hydrogen-bond acceptors (Lipinski definition) is 2. The molecule has 0 unspecified atom stereocenters. The van der Waals surface area contributed by atoms with Crippen LogP contribution in [-0.4, -0.2) is 19.9 Å². The molecule has 0 radical (unpaired) electrons. The van der Waals surface area contributed by atoms with E-state index in [1.165, 1.54) is 63.9 Å². The number of nitrogens with one attached hydrogen (secondary N) is 2. The molecule has 2 N–H and O–H groups in total. The number of H-pyrrole nitrogens is 2. The summed E-state index contributed by atoms with van der Waals surface area (Å²) in [5.41, 5.74) is 18.2. The lowest BCUT2D eigenvalue weighted by molar-refractivity contribution is 0.541. The van der Waals surface area contributed by atoms with E-state index in [9.17, 15) is 0 Å². The summed E-state index contributed by atoms with van der Waals surface area (Å²) in [5, 5.41) is 0. The first-order valence-corrected chi connectivity index (χ1v) is 13.9. The van der Waals surface area contributed by atoms with Crippen molar-refractivity contribution in [2.24, 2.45) is 0 Å². The second kappa shape index (κ2) is 9.31. The van der Waals surface area contributed by atoms with Crippen LogP contribution in [0.3, 0.4) is 0 Å². The van der Waals surface area contributed by atoms with Crippen LogP contribution in [0.25, 0.3) is 33.2 Å². The van der Waals surface area contributed by atoms with Crippen LogP contribution >= 0.6 is 0 Å². The van der Waals surface area contributed by atoms with Gasteiger partial charge in [0.25, 0.3) is 0 Å². The average molecular weight is 495 g/mol. The van der Waals surface area contributed by atoms with Gasteiger partial charge in [0, 0.05) is 45.3 Å². The quantitative estimate of drug-likeness (QED) is 0.356. The van der Waals surface area contributed by atoms with Crippen LogP contribution in [0.15, 0.2) is 18.2 Å². The van der Waals surface area contributed by atoms with Gasteiger partial charge in [-0.3, -0.25) is 4.98 Å². The number of hydrogen-bond donors (Lipinski definition) is 2. The number of aromatic nitrogens is 4. The smallest absolute Gasteiger partial charge is 0.0719 e. The molecule has 0 fully saturated rings. The lowest BCUT2D eigenvalue weighted by Crippen LogP contribution is -2.15. The van der Waals surface area contributed by atoms with Gasteiger partial charge < -0.3 is 9.97 Å². The molecule has 3 aromatic rings. The number of nitrogens with zero attached hydrogens (tertiary/aromatic N) is 2. The Morgan fingerprint density at radius 2 is 1.30 bits per heavy atom. The van der Waals surface area contributed by atoms with Crippen molar-refractivity contribution in [2.45, 2.75) is 99.8 Å². The van der Waals surface area contributed by atoms with E-state index in [-0.39, 0.29) is 5.41 Å².